The molecule has 0 spiro atoms. The first-order valence-electron chi connectivity index (χ1n) is 12.8. The normalized spacial score (nSPS) is 19.6. The van der Waals surface area contributed by atoms with Crippen LogP contribution in [0.1, 0.15) is 35.3 Å². The highest BCUT2D eigenvalue weighted by Crippen LogP contribution is 2.42. The predicted molar refractivity (Wildman–Crippen MR) is 145 cm³/mol. The highest BCUT2D eigenvalue weighted by atomic mass is 16.5. The standard InChI is InChI=1S/C32H26N2O5/c1-20-16-23-17-22(13-14-27(23)38-20)30(35)28-29(34(32(37)31(28)36)19-24-9-5-6-15-33-24)21-8-7-12-26(18-21)39-25-10-3-2-4-11-25/h2-15,17-18,20,29,35H,16,19H2,1H3/b30-28-. The largest absolute Gasteiger partial charge is 0.507 e. The molecule has 3 heterocycles. The van der Waals surface area contributed by atoms with E-state index in [-0.39, 0.29) is 24.0 Å². The summed E-state index contributed by atoms with van der Waals surface area (Å²) in [7, 11) is 0. The van der Waals surface area contributed by atoms with Crippen LogP contribution in [0.3, 0.4) is 0 Å². The summed E-state index contributed by atoms with van der Waals surface area (Å²) in [5, 5.41) is 11.5. The van der Waals surface area contributed by atoms with Gasteiger partial charge in [-0.1, -0.05) is 36.4 Å². The Morgan fingerprint density at radius 1 is 0.974 bits per heavy atom. The summed E-state index contributed by atoms with van der Waals surface area (Å²) in [6, 6.07) is 26.5. The van der Waals surface area contributed by atoms with Gasteiger partial charge in [-0.3, -0.25) is 14.6 Å². The zero-order chi connectivity index (χ0) is 26.9. The van der Waals surface area contributed by atoms with Crippen molar-refractivity contribution < 1.29 is 24.2 Å². The minimum Gasteiger partial charge on any atom is -0.507 e. The van der Waals surface area contributed by atoms with Gasteiger partial charge in [-0.25, -0.2) is 0 Å². The van der Waals surface area contributed by atoms with Crippen LogP contribution in [0.5, 0.6) is 17.2 Å². The van der Waals surface area contributed by atoms with Crippen LogP contribution < -0.4 is 9.47 Å². The number of fused-ring (bicyclic) bond motifs is 1. The lowest BCUT2D eigenvalue weighted by molar-refractivity contribution is -0.140. The van der Waals surface area contributed by atoms with E-state index in [1.54, 1.807) is 36.5 Å². The lowest BCUT2D eigenvalue weighted by atomic mass is 9.94. The molecule has 2 aliphatic rings. The Kier molecular flexibility index (Phi) is 6.32. The number of aromatic nitrogens is 1. The Hall–Kier alpha value is -4.91. The number of para-hydroxylation sites is 1. The van der Waals surface area contributed by atoms with Gasteiger partial charge in [0.05, 0.1) is 23.9 Å². The number of ketones is 1. The van der Waals surface area contributed by atoms with Crippen molar-refractivity contribution in [1.29, 1.82) is 0 Å². The van der Waals surface area contributed by atoms with Gasteiger partial charge >= 0.3 is 0 Å². The first-order valence-corrected chi connectivity index (χ1v) is 12.8. The zero-order valence-electron chi connectivity index (χ0n) is 21.3. The van der Waals surface area contributed by atoms with Crippen molar-refractivity contribution in [3.05, 3.63) is 125 Å². The summed E-state index contributed by atoms with van der Waals surface area (Å²) in [6.45, 7) is 2.08. The van der Waals surface area contributed by atoms with Crippen molar-refractivity contribution in [2.45, 2.75) is 32.0 Å². The van der Waals surface area contributed by atoms with Gasteiger partial charge in [-0.2, -0.15) is 0 Å². The average Bonchev–Trinajstić information content (AvgIpc) is 3.45. The Labute approximate surface area is 226 Å². The van der Waals surface area contributed by atoms with E-state index in [0.717, 1.165) is 11.3 Å². The lowest BCUT2D eigenvalue weighted by Gasteiger charge is -2.25. The number of hydrogen-bond acceptors (Lipinski definition) is 6. The molecule has 39 heavy (non-hydrogen) atoms. The van der Waals surface area contributed by atoms with E-state index in [1.807, 2.05) is 67.6 Å². The molecule has 0 bridgehead atoms. The van der Waals surface area contributed by atoms with Gasteiger partial charge in [-0.05, 0) is 72.6 Å². The van der Waals surface area contributed by atoms with Crippen LogP contribution in [0, 0.1) is 0 Å². The number of aliphatic hydroxyl groups is 1. The predicted octanol–water partition coefficient (Wildman–Crippen LogP) is 5.82. The van der Waals surface area contributed by atoms with Crippen LogP contribution in [-0.4, -0.2) is 32.8 Å². The number of amides is 1. The molecule has 1 fully saturated rings. The Morgan fingerprint density at radius 3 is 2.56 bits per heavy atom. The second-order valence-electron chi connectivity index (χ2n) is 9.69. The van der Waals surface area contributed by atoms with Crippen molar-refractivity contribution in [3.63, 3.8) is 0 Å². The zero-order valence-corrected chi connectivity index (χ0v) is 21.3. The van der Waals surface area contributed by atoms with Crippen molar-refractivity contribution >= 4 is 17.4 Å². The minimum absolute atomic E-state index is 0.0275. The number of benzene rings is 3. The van der Waals surface area contributed by atoms with E-state index in [0.29, 0.717) is 34.7 Å². The molecule has 1 N–H and O–H groups in total. The van der Waals surface area contributed by atoms with E-state index in [4.69, 9.17) is 9.47 Å². The molecule has 2 unspecified atom stereocenters. The first kappa shape index (κ1) is 24.4. The monoisotopic (exact) mass is 518 g/mol. The fourth-order valence-corrected chi connectivity index (χ4v) is 5.15. The number of rotatable bonds is 6. The Bertz CT molecular complexity index is 1580. The van der Waals surface area contributed by atoms with Crippen molar-refractivity contribution in [2.24, 2.45) is 0 Å². The molecular formula is C32H26N2O5. The van der Waals surface area contributed by atoms with Gasteiger partial charge in [0.2, 0.25) is 0 Å². The summed E-state index contributed by atoms with van der Waals surface area (Å²) in [5.74, 6) is 0.306. The molecule has 0 aliphatic carbocycles. The molecule has 0 saturated carbocycles. The van der Waals surface area contributed by atoms with Gasteiger partial charge in [0.1, 0.15) is 29.1 Å². The number of hydrogen-bond donors (Lipinski definition) is 1. The van der Waals surface area contributed by atoms with Crippen molar-refractivity contribution in [3.8, 4) is 17.2 Å². The number of ether oxygens (including phenoxy) is 2. The maximum Gasteiger partial charge on any atom is 0.296 e. The smallest absolute Gasteiger partial charge is 0.296 e. The van der Waals surface area contributed by atoms with Gasteiger partial charge in [0, 0.05) is 18.2 Å². The molecule has 1 aromatic heterocycles. The molecule has 7 heteroatoms. The second kappa shape index (κ2) is 10.1. The number of Topliss-reactive ketones (excluding diaryl/α,β-unsaturated/α-hetero) is 1. The molecule has 0 radical (unpaired) electrons. The van der Waals surface area contributed by atoms with E-state index < -0.39 is 17.7 Å². The topological polar surface area (TPSA) is 89.0 Å². The SMILES string of the molecule is CC1Cc2cc(/C(O)=C3/C(=O)C(=O)N(Cc4ccccn4)C3c3cccc(Oc4ccccc4)c3)ccc2O1. The Morgan fingerprint density at radius 2 is 1.77 bits per heavy atom. The lowest BCUT2D eigenvalue weighted by Crippen LogP contribution is -2.29. The van der Waals surface area contributed by atoms with Gasteiger partial charge < -0.3 is 19.5 Å². The van der Waals surface area contributed by atoms with E-state index in [2.05, 4.69) is 4.98 Å². The summed E-state index contributed by atoms with van der Waals surface area (Å²) in [4.78, 5) is 32.7. The van der Waals surface area contributed by atoms with Crippen LogP contribution in [0.4, 0.5) is 0 Å². The molecule has 1 saturated heterocycles. The number of likely N-dealkylation sites (tertiary alicyclic amines) is 1. The number of carbonyl (C=O) groups excluding carboxylic acids is 2. The first-order chi connectivity index (χ1) is 19.0. The molecule has 3 aromatic carbocycles. The number of carbonyl (C=O) groups is 2. The van der Waals surface area contributed by atoms with Crippen LogP contribution in [0.15, 0.2) is 103 Å². The van der Waals surface area contributed by atoms with Crippen LogP contribution >= 0.6 is 0 Å². The molecule has 2 aliphatic heterocycles. The fourth-order valence-electron chi connectivity index (χ4n) is 5.15. The fraction of sp³-hybridized carbons (Fsp3) is 0.156. The minimum atomic E-state index is -0.838. The molecule has 6 rings (SSSR count). The number of aliphatic hydroxyl groups excluding tert-OH is 1. The molecule has 2 atom stereocenters. The highest BCUT2D eigenvalue weighted by Gasteiger charge is 2.46. The van der Waals surface area contributed by atoms with Crippen LogP contribution in [-0.2, 0) is 22.6 Å². The van der Waals surface area contributed by atoms with E-state index in [9.17, 15) is 14.7 Å². The molecule has 1 amide bonds. The third kappa shape index (κ3) is 4.75. The summed E-state index contributed by atoms with van der Waals surface area (Å²) < 4.78 is 11.8. The molecule has 7 nitrogen and oxygen atoms in total. The third-order valence-electron chi connectivity index (χ3n) is 6.92. The average molecular weight is 519 g/mol. The Balaban J connectivity index is 1.45. The number of pyridine rings is 1. The van der Waals surface area contributed by atoms with E-state index in [1.165, 1.54) is 4.90 Å². The molecular weight excluding hydrogens is 492 g/mol. The van der Waals surface area contributed by atoms with Gasteiger partial charge in [-0.15, -0.1) is 0 Å². The van der Waals surface area contributed by atoms with Gasteiger partial charge in [0.25, 0.3) is 11.7 Å². The summed E-state index contributed by atoms with van der Waals surface area (Å²) in [5.41, 5.74) is 2.70. The quantitative estimate of drug-likeness (QED) is 0.197. The van der Waals surface area contributed by atoms with Gasteiger partial charge in [0.15, 0.2) is 0 Å². The maximum atomic E-state index is 13.5. The highest BCUT2D eigenvalue weighted by molar-refractivity contribution is 6.46. The second-order valence-corrected chi connectivity index (χ2v) is 9.69. The van der Waals surface area contributed by atoms with Crippen molar-refractivity contribution in [1.82, 2.24) is 9.88 Å². The molecule has 4 aromatic rings. The summed E-state index contributed by atoms with van der Waals surface area (Å²) >= 11 is 0. The van der Waals surface area contributed by atoms with Crippen LogP contribution in [0.25, 0.3) is 5.76 Å². The van der Waals surface area contributed by atoms with Crippen LogP contribution in [0.2, 0.25) is 0 Å². The number of nitrogens with zero attached hydrogens (tertiary/aromatic N) is 2. The molecule has 194 valence electrons. The maximum absolute atomic E-state index is 13.5. The van der Waals surface area contributed by atoms with Crippen molar-refractivity contribution in [2.75, 3.05) is 0 Å². The van der Waals surface area contributed by atoms with E-state index >= 15 is 0 Å². The third-order valence-corrected chi connectivity index (χ3v) is 6.92. The summed E-state index contributed by atoms with van der Waals surface area (Å²) in [6.07, 6.45) is 2.38.